The molecule has 9 heteroatoms. The number of hydrogen-bond donors (Lipinski definition) is 1. The van der Waals surface area contributed by atoms with E-state index in [1.165, 1.54) is 5.69 Å². The fourth-order valence-electron chi connectivity index (χ4n) is 3.97. The predicted octanol–water partition coefficient (Wildman–Crippen LogP) is 0.979. The molecule has 3 fully saturated rings. The second-order valence-electron chi connectivity index (χ2n) is 7.51. The molecule has 3 aliphatic rings. The van der Waals surface area contributed by atoms with E-state index in [0.29, 0.717) is 12.0 Å². The summed E-state index contributed by atoms with van der Waals surface area (Å²) in [6, 6.07) is 2.54. The molecule has 0 bridgehead atoms. The van der Waals surface area contributed by atoms with Gasteiger partial charge in [0.1, 0.15) is 12.1 Å². The van der Waals surface area contributed by atoms with Crippen LogP contribution in [0, 0.1) is 0 Å². The maximum atomic E-state index is 5.91. The van der Waals surface area contributed by atoms with Crippen molar-refractivity contribution in [1.82, 2.24) is 19.8 Å². The van der Waals surface area contributed by atoms with Gasteiger partial charge in [-0.3, -0.25) is 9.80 Å². The maximum absolute atomic E-state index is 5.91. The van der Waals surface area contributed by atoms with E-state index < -0.39 is 0 Å². The number of hydrogen-bond acceptors (Lipinski definition) is 7. The van der Waals surface area contributed by atoms with Crippen molar-refractivity contribution in [2.24, 2.45) is 5.73 Å². The molecular formula is C18H32Cl2N6O. The third-order valence-electron chi connectivity index (χ3n) is 5.80. The van der Waals surface area contributed by atoms with Gasteiger partial charge in [-0.2, -0.15) is 0 Å². The highest BCUT2D eigenvalue weighted by molar-refractivity contribution is 5.85. The maximum Gasteiger partial charge on any atom is 0.132 e. The molecule has 1 aromatic heterocycles. The second-order valence-corrected chi connectivity index (χ2v) is 7.51. The molecule has 0 aromatic carbocycles. The summed E-state index contributed by atoms with van der Waals surface area (Å²) < 4.78 is 5.42. The number of anilines is 1. The molecule has 0 unspecified atom stereocenters. The lowest BCUT2D eigenvalue weighted by atomic mass is 9.78. The lowest BCUT2D eigenvalue weighted by Gasteiger charge is -2.37. The van der Waals surface area contributed by atoms with Crippen LogP contribution in [0.25, 0.3) is 0 Å². The Morgan fingerprint density at radius 3 is 2.19 bits per heavy atom. The van der Waals surface area contributed by atoms with Crippen LogP contribution in [0.1, 0.15) is 24.5 Å². The van der Waals surface area contributed by atoms with Gasteiger partial charge in [-0.1, -0.05) is 0 Å². The summed E-state index contributed by atoms with van der Waals surface area (Å²) in [5.41, 5.74) is 7.08. The Kier molecular flexibility index (Phi) is 8.98. The molecule has 2 N–H and O–H groups in total. The van der Waals surface area contributed by atoms with Gasteiger partial charge < -0.3 is 15.4 Å². The van der Waals surface area contributed by atoms with Gasteiger partial charge in [-0.05, 0) is 12.8 Å². The van der Waals surface area contributed by atoms with Crippen LogP contribution in [0.3, 0.4) is 0 Å². The molecule has 1 aromatic rings. The number of halogens is 2. The van der Waals surface area contributed by atoms with Crippen molar-refractivity contribution in [3.63, 3.8) is 0 Å². The number of nitrogens with zero attached hydrogens (tertiary/aromatic N) is 5. The topological polar surface area (TPSA) is 70.8 Å². The van der Waals surface area contributed by atoms with Crippen molar-refractivity contribution in [3.05, 3.63) is 18.1 Å². The first-order chi connectivity index (χ1) is 12.3. The number of rotatable bonds is 5. The van der Waals surface area contributed by atoms with E-state index >= 15 is 0 Å². The molecule has 4 rings (SSSR count). The Morgan fingerprint density at radius 2 is 1.56 bits per heavy atom. The van der Waals surface area contributed by atoms with Crippen LogP contribution < -0.4 is 10.6 Å². The molecule has 3 heterocycles. The molecule has 0 radical (unpaired) electrons. The molecule has 27 heavy (non-hydrogen) atoms. The van der Waals surface area contributed by atoms with Crippen molar-refractivity contribution in [2.45, 2.75) is 24.8 Å². The number of piperazine rings is 1. The Labute approximate surface area is 174 Å². The number of morpholine rings is 1. The van der Waals surface area contributed by atoms with Crippen molar-refractivity contribution < 1.29 is 4.74 Å². The van der Waals surface area contributed by atoms with Gasteiger partial charge in [0.15, 0.2) is 0 Å². The number of aromatic nitrogens is 2. The number of ether oxygens (including phenoxy) is 1. The van der Waals surface area contributed by atoms with Crippen LogP contribution in [0.5, 0.6) is 0 Å². The lowest BCUT2D eigenvalue weighted by Crippen LogP contribution is -2.49. The van der Waals surface area contributed by atoms with E-state index in [-0.39, 0.29) is 24.8 Å². The first-order valence-electron chi connectivity index (χ1n) is 9.63. The minimum atomic E-state index is 0. The fourth-order valence-corrected chi connectivity index (χ4v) is 3.97. The summed E-state index contributed by atoms with van der Waals surface area (Å²) in [5, 5.41) is 0. The minimum Gasteiger partial charge on any atom is -0.379 e. The summed E-state index contributed by atoms with van der Waals surface area (Å²) in [7, 11) is 0. The first-order valence-corrected chi connectivity index (χ1v) is 9.63. The van der Waals surface area contributed by atoms with Crippen LogP contribution in [-0.4, -0.2) is 91.4 Å². The molecule has 7 nitrogen and oxygen atoms in total. The molecule has 0 amide bonds. The molecule has 0 atom stereocenters. The molecule has 154 valence electrons. The molecular weight excluding hydrogens is 387 g/mol. The average Bonchev–Trinajstić information content (AvgIpc) is 2.65. The minimum absolute atomic E-state index is 0. The summed E-state index contributed by atoms with van der Waals surface area (Å²) in [4.78, 5) is 16.5. The molecule has 1 saturated carbocycles. The van der Waals surface area contributed by atoms with Crippen molar-refractivity contribution in [3.8, 4) is 0 Å². The quantitative estimate of drug-likeness (QED) is 0.763. The fraction of sp³-hybridized carbons (Fsp3) is 0.778. The Hall–Kier alpha value is -0.700. The highest BCUT2D eigenvalue weighted by atomic mass is 35.5. The zero-order valence-electron chi connectivity index (χ0n) is 15.8. The monoisotopic (exact) mass is 418 g/mol. The normalized spacial score (nSPS) is 26.6. The third kappa shape index (κ3) is 5.89. The van der Waals surface area contributed by atoms with Gasteiger partial charge in [0, 0.05) is 76.1 Å². The Balaban J connectivity index is 0.00000131. The van der Waals surface area contributed by atoms with E-state index in [9.17, 15) is 0 Å². The second kappa shape index (κ2) is 10.7. The van der Waals surface area contributed by atoms with Gasteiger partial charge in [0.25, 0.3) is 0 Å². The summed E-state index contributed by atoms with van der Waals surface area (Å²) in [6.07, 6.45) is 3.84. The van der Waals surface area contributed by atoms with Crippen LogP contribution >= 0.6 is 24.8 Å². The lowest BCUT2D eigenvalue weighted by molar-refractivity contribution is 0.0331. The summed E-state index contributed by atoms with van der Waals surface area (Å²) >= 11 is 0. The van der Waals surface area contributed by atoms with E-state index in [1.807, 2.05) is 0 Å². The zero-order chi connectivity index (χ0) is 17.1. The van der Waals surface area contributed by atoms with Crippen LogP contribution in [0.15, 0.2) is 12.4 Å². The van der Waals surface area contributed by atoms with Crippen LogP contribution in [-0.2, 0) is 4.74 Å². The van der Waals surface area contributed by atoms with E-state index in [2.05, 4.69) is 30.7 Å². The molecule has 1 aliphatic carbocycles. The first kappa shape index (κ1) is 22.6. The van der Waals surface area contributed by atoms with Crippen LogP contribution in [0.4, 0.5) is 5.82 Å². The van der Waals surface area contributed by atoms with Gasteiger partial charge in [-0.15, -0.1) is 24.8 Å². The average molecular weight is 419 g/mol. The van der Waals surface area contributed by atoms with Crippen LogP contribution in [0.2, 0.25) is 0 Å². The predicted molar refractivity (Wildman–Crippen MR) is 112 cm³/mol. The van der Waals surface area contributed by atoms with Gasteiger partial charge in [-0.25, -0.2) is 9.97 Å². The highest BCUT2D eigenvalue weighted by Crippen LogP contribution is 2.35. The van der Waals surface area contributed by atoms with Crippen molar-refractivity contribution >= 4 is 30.6 Å². The van der Waals surface area contributed by atoms with E-state index in [4.69, 9.17) is 10.5 Å². The number of nitrogens with two attached hydrogens (primary N) is 1. The van der Waals surface area contributed by atoms with Gasteiger partial charge >= 0.3 is 0 Å². The third-order valence-corrected chi connectivity index (χ3v) is 5.80. The summed E-state index contributed by atoms with van der Waals surface area (Å²) in [6.45, 7) is 10.5. The van der Waals surface area contributed by atoms with Gasteiger partial charge in [0.05, 0.1) is 13.2 Å². The van der Waals surface area contributed by atoms with Crippen molar-refractivity contribution in [2.75, 3.05) is 70.5 Å². The standard InChI is InChI=1S/C18H30N6O.2ClH/c19-16-11-15(12-16)17-13-18(21-14-20-17)24-5-3-22(4-6-24)1-2-23-7-9-25-10-8-23;;/h13-16H,1-12,19H2;2*1H. The Morgan fingerprint density at radius 1 is 0.926 bits per heavy atom. The molecule has 2 saturated heterocycles. The smallest absolute Gasteiger partial charge is 0.132 e. The van der Waals surface area contributed by atoms with E-state index in [0.717, 1.165) is 84.2 Å². The van der Waals surface area contributed by atoms with Crippen molar-refractivity contribution in [1.29, 1.82) is 0 Å². The Bertz CT molecular complexity index is 561. The highest BCUT2D eigenvalue weighted by Gasteiger charge is 2.29. The zero-order valence-corrected chi connectivity index (χ0v) is 17.5. The van der Waals surface area contributed by atoms with Gasteiger partial charge in [0.2, 0.25) is 0 Å². The SMILES string of the molecule is Cl.Cl.NC1CC(c2cc(N3CCN(CCN4CCOCC4)CC3)ncn2)C1. The summed E-state index contributed by atoms with van der Waals surface area (Å²) in [5.74, 6) is 1.62. The largest absolute Gasteiger partial charge is 0.379 e. The van der Waals surface area contributed by atoms with E-state index in [1.54, 1.807) is 6.33 Å². The molecule has 2 aliphatic heterocycles. The molecule has 0 spiro atoms.